The van der Waals surface area contributed by atoms with Gasteiger partial charge >= 0.3 is 0 Å². The van der Waals surface area contributed by atoms with E-state index in [0.29, 0.717) is 10.1 Å². The summed E-state index contributed by atoms with van der Waals surface area (Å²) in [5.74, 6) is 0.0933. The molecule has 90 valence electrons. The van der Waals surface area contributed by atoms with Crippen LogP contribution in [0, 0.1) is 5.21 Å². The van der Waals surface area contributed by atoms with Crippen molar-refractivity contribution in [3.63, 3.8) is 0 Å². The molecular weight excluding hydrogens is 224 g/mol. The highest BCUT2D eigenvalue weighted by atomic mass is 16.5. The fourth-order valence-corrected chi connectivity index (χ4v) is 1.80. The van der Waals surface area contributed by atoms with Gasteiger partial charge in [-0.2, -0.15) is 4.73 Å². The van der Waals surface area contributed by atoms with E-state index in [0.717, 1.165) is 0 Å². The molecule has 1 aromatic heterocycles. The van der Waals surface area contributed by atoms with Crippen LogP contribution in [-0.4, -0.2) is 19.3 Å². The number of pyridine rings is 1. The van der Waals surface area contributed by atoms with Gasteiger partial charge < -0.3 is 25.5 Å². The average molecular weight is 236 g/mol. The van der Waals surface area contributed by atoms with E-state index in [1.807, 2.05) is 0 Å². The third-order valence-corrected chi connectivity index (χ3v) is 2.54. The molecule has 0 saturated carbocycles. The highest BCUT2D eigenvalue weighted by molar-refractivity contribution is 5.98. The van der Waals surface area contributed by atoms with Crippen molar-refractivity contribution in [2.24, 2.45) is 0 Å². The van der Waals surface area contributed by atoms with E-state index < -0.39 is 0 Å². The number of ether oxygens (including phenoxy) is 2. The number of methoxy groups -OCH3 is 2. The second kappa shape index (κ2) is 3.89. The number of nitrogen functional groups attached to an aromatic ring is 1. The number of hydrogen-bond donors (Lipinski definition) is 2. The Morgan fingerprint density at radius 1 is 1.29 bits per heavy atom. The van der Waals surface area contributed by atoms with E-state index in [2.05, 4.69) is 0 Å². The van der Waals surface area contributed by atoms with Crippen molar-refractivity contribution in [3.05, 3.63) is 23.5 Å². The van der Waals surface area contributed by atoms with E-state index in [9.17, 15) is 10.3 Å². The average Bonchev–Trinajstić information content (AvgIpc) is 2.33. The molecule has 6 nitrogen and oxygen atoms in total. The number of aromatic nitrogens is 1. The number of nitrogens with zero attached hydrogens (tertiary/aromatic N) is 1. The van der Waals surface area contributed by atoms with Crippen molar-refractivity contribution in [1.29, 1.82) is 0 Å². The van der Waals surface area contributed by atoms with E-state index in [1.165, 1.54) is 26.5 Å². The summed E-state index contributed by atoms with van der Waals surface area (Å²) in [6.07, 6.45) is 1.30. The van der Waals surface area contributed by atoms with Crippen LogP contribution in [0.5, 0.6) is 17.2 Å². The van der Waals surface area contributed by atoms with E-state index in [4.69, 9.17) is 15.2 Å². The summed E-state index contributed by atoms with van der Waals surface area (Å²) >= 11 is 0. The molecule has 1 heterocycles. The van der Waals surface area contributed by atoms with Crippen LogP contribution in [0.2, 0.25) is 0 Å². The normalized spacial score (nSPS) is 10.5. The number of rotatable bonds is 2. The van der Waals surface area contributed by atoms with Gasteiger partial charge in [0.15, 0.2) is 23.4 Å². The molecule has 0 bridgehead atoms. The molecular formula is C11H12N2O4. The van der Waals surface area contributed by atoms with E-state index in [1.54, 1.807) is 6.07 Å². The first-order valence-electron chi connectivity index (χ1n) is 4.86. The topological polar surface area (TPSA) is 91.7 Å². The first-order valence-corrected chi connectivity index (χ1v) is 4.86. The van der Waals surface area contributed by atoms with Crippen molar-refractivity contribution < 1.29 is 19.3 Å². The fourth-order valence-electron chi connectivity index (χ4n) is 1.80. The number of phenols is 1. The van der Waals surface area contributed by atoms with Crippen LogP contribution in [0.4, 0.5) is 5.69 Å². The number of aromatic hydroxyl groups is 1. The van der Waals surface area contributed by atoms with Crippen LogP contribution in [0.1, 0.15) is 0 Å². The predicted molar refractivity (Wildman–Crippen MR) is 62.1 cm³/mol. The van der Waals surface area contributed by atoms with Gasteiger partial charge in [0, 0.05) is 6.07 Å². The van der Waals surface area contributed by atoms with Gasteiger partial charge in [-0.05, 0) is 6.07 Å². The SMILES string of the molecule is COc1c(OC)c(N)c2c(ccc[n+]2[O-])c1O. The molecule has 0 aliphatic carbocycles. The lowest BCUT2D eigenvalue weighted by atomic mass is 10.1. The summed E-state index contributed by atoms with van der Waals surface area (Å²) in [5, 5.41) is 22.0. The molecule has 1 aromatic carbocycles. The summed E-state index contributed by atoms with van der Waals surface area (Å²) in [4.78, 5) is 0. The molecule has 0 fully saturated rings. The van der Waals surface area contributed by atoms with Crippen LogP contribution in [0.3, 0.4) is 0 Å². The quantitative estimate of drug-likeness (QED) is 0.348. The Labute approximate surface area is 97.4 Å². The van der Waals surface area contributed by atoms with Crippen molar-refractivity contribution in [2.45, 2.75) is 0 Å². The molecule has 2 rings (SSSR count). The van der Waals surface area contributed by atoms with Crippen LogP contribution in [0.15, 0.2) is 18.3 Å². The number of fused-ring (bicyclic) bond motifs is 1. The lowest BCUT2D eigenvalue weighted by molar-refractivity contribution is -0.576. The molecule has 0 aliphatic rings. The van der Waals surface area contributed by atoms with Crippen molar-refractivity contribution >= 4 is 16.6 Å². The van der Waals surface area contributed by atoms with Gasteiger partial charge in [0.05, 0.1) is 19.6 Å². The molecule has 6 heteroatoms. The minimum atomic E-state index is -0.168. The second-order valence-electron chi connectivity index (χ2n) is 3.43. The van der Waals surface area contributed by atoms with Gasteiger partial charge in [-0.15, -0.1) is 0 Å². The summed E-state index contributed by atoms with van der Waals surface area (Å²) in [6.45, 7) is 0. The number of phenolic OH excluding ortho intramolecular Hbond substituents is 1. The monoisotopic (exact) mass is 236 g/mol. The van der Waals surface area contributed by atoms with Gasteiger partial charge in [0.25, 0.3) is 5.52 Å². The molecule has 2 aromatic rings. The molecule has 0 spiro atoms. The zero-order chi connectivity index (χ0) is 12.6. The Balaban J connectivity index is 2.99. The first kappa shape index (κ1) is 11.1. The van der Waals surface area contributed by atoms with Gasteiger partial charge in [0.2, 0.25) is 5.75 Å². The molecule has 0 unspecified atom stereocenters. The minimum Gasteiger partial charge on any atom is -0.618 e. The lowest BCUT2D eigenvalue weighted by Gasteiger charge is -2.14. The van der Waals surface area contributed by atoms with Crippen molar-refractivity contribution in [2.75, 3.05) is 20.0 Å². The molecule has 0 amide bonds. The Hall–Kier alpha value is -2.37. The molecule has 17 heavy (non-hydrogen) atoms. The molecule has 0 saturated heterocycles. The second-order valence-corrected chi connectivity index (χ2v) is 3.43. The summed E-state index contributed by atoms with van der Waals surface area (Å²) < 4.78 is 10.7. The van der Waals surface area contributed by atoms with Gasteiger partial charge in [-0.3, -0.25) is 0 Å². The van der Waals surface area contributed by atoms with E-state index >= 15 is 0 Å². The zero-order valence-electron chi connectivity index (χ0n) is 9.43. The number of nitrogens with two attached hydrogens (primary N) is 1. The smallest absolute Gasteiger partial charge is 0.254 e. The highest BCUT2D eigenvalue weighted by Crippen LogP contribution is 2.46. The lowest BCUT2D eigenvalue weighted by Crippen LogP contribution is -2.27. The summed E-state index contributed by atoms with van der Waals surface area (Å²) in [6, 6.07) is 3.10. The molecule has 0 atom stereocenters. The zero-order valence-corrected chi connectivity index (χ0v) is 9.43. The minimum absolute atomic E-state index is 0.115. The predicted octanol–water partition coefficient (Wildman–Crippen LogP) is 0.778. The van der Waals surface area contributed by atoms with E-state index in [-0.39, 0.29) is 28.5 Å². The van der Waals surface area contributed by atoms with Crippen molar-refractivity contribution in [1.82, 2.24) is 0 Å². The highest BCUT2D eigenvalue weighted by Gasteiger charge is 2.23. The van der Waals surface area contributed by atoms with Gasteiger partial charge in [-0.25, -0.2) is 0 Å². The molecule has 0 radical (unpaired) electrons. The third-order valence-electron chi connectivity index (χ3n) is 2.54. The summed E-state index contributed by atoms with van der Waals surface area (Å²) in [5.41, 5.74) is 6.13. The Morgan fingerprint density at radius 2 is 1.94 bits per heavy atom. The maximum absolute atomic E-state index is 11.6. The molecule has 3 N–H and O–H groups in total. The standard InChI is InChI=1S/C11H12N2O4/c1-16-10-7(12)8-6(4-3-5-13(8)15)9(14)11(10)17-2/h3-5,14H,12H2,1-2H3. The third kappa shape index (κ3) is 1.45. The van der Waals surface area contributed by atoms with Gasteiger partial charge in [-0.1, -0.05) is 0 Å². The first-order chi connectivity index (χ1) is 8.11. The fraction of sp³-hybridized carbons (Fsp3) is 0.182. The molecule has 0 aliphatic heterocycles. The van der Waals surface area contributed by atoms with Crippen LogP contribution in [0.25, 0.3) is 10.9 Å². The van der Waals surface area contributed by atoms with Crippen LogP contribution in [-0.2, 0) is 0 Å². The Bertz CT molecular complexity index is 583. The van der Waals surface area contributed by atoms with Crippen molar-refractivity contribution in [3.8, 4) is 17.2 Å². The summed E-state index contributed by atoms with van der Waals surface area (Å²) in [7, 11) is 2.77. The Kier molecular flexibility index (Phi) is 2.55. The van der Waals surface area contributed by atoms with Crippen LogP contribution >= 0.6 is 0 Å². The van der Waals surface area contributed by atoms with Gasteiger partial charge in [0.1, 0.15) is 0 Å². The van der Waals surface area contributed by atoms with Crippen LogP contribution < -0.4 is 19.9 Å². The number of hydrogen-bond acceptors (Lipinski definition) is 5. The number of anilines is 1. The maximum atomic E-state index is 11.6. The Morgan fingerprint density at radius 3 is 2.53 bits per heavy atom. The largest absolute Gasteiger partial charge is 0.618 e. The maximum Gasteiger partial charge on any atom is 0.254 e. The number of benzene rings is 1.